The molecular formula is C28H33N3O6S. The Labute approximate surface area is 224 Å². The maximum atomic E-state index is 12.1. The molecule has 2 unspecified atom stereocenters. The lowest BCUT2D eigenvalue weighted by Gasteiger charge is -2.14. The molecule has 0 fully saturated rings. The van der Waals surface area contributed by atoms with E-state index in [2.05, 4.69) is 10.6 Å². The minimum absolute atomic E-state index is 0.0719. The van der Waals surface area contributed by atoms with Crippen LogP contribution in [0.4, 0.5) is 0 Å². The molecule has 0 bridgehead atoms. The van der Waals surface area contributed by atoms with Crippen molar-refractivity contribution in [2.24, 2.45) is 5.14 Å². The Morgan fingerprint density at radius 3 is 2.47 bits per heavy atom. The Morgan fingerprint density at radius 2 is 1.79 bits per heavy atom. The zero-order valence-corrected chi connectivity index (χ0v) is 22.0. The highest BCUT2D eigenvalue weighted by molar-refractivity contribution is 7.78. The van der Waals surface area contributed by atoms with Crippen LogP contribution in [0.5, 0.6) is 5.75 Å². The van der Waals surface area contributed by atoms with E-state index in [4.69, 9.17) is 14.4 Å². The van der Waals surface area contributed by atoms with Gasteiger partial charge in [-0.1, -0.05) is 36.4 Å². The monoisotopic (exact) mass is 539 g/mol. The van der Waals surface area contributed by atoms with Gasteiger partial charge in [0.25, 0.3) is 11.3 Å². The normalized spacial score (nSPS) is 12.5. The van der Waals surface area contributed by atoms with Gasteiger partial charge in [0.05, 0.1) is 11.7 Å². The lowest BCUT2D eigenvalue weighted by atomic mass is 9.96. The molecule has 0 radical (unpaired) electrons. The third kappa shape index (κ3) is 9.07. The second kappa shape index (κ2) is 14.4. The number of aliphatic hydroxyl groups excluding tert-OH is 1. The molecule has 3 aromatic rings. The number of aliphatic hydroxyl groups is 1. The molecule has 0 spiro atoms. The number of carbonyl (C=O) groups is 2. The summed E-state index contributed by atoms with van der Waals surface area (Å²) in [6.45, 7) is 3.44. The van der Waals surface area contributed by atoms with E-state index in [1.807, 2.05) is 37.3 Å². The largest absolute Gasteiger partial charge is 0.478 e. The zero-order chi connectivity index (χ0) is 27.5. The molecular weight excluding hydrogens is 506 g/mol. The van der Waals surface area contributed by atoms with Crippen molar-refractivity contribution in [2.75, 3.05) is 19.6 Å². The molecule has 0 aromatic heterocycles. The average Bonchev–Trinajstić information content (AvgIpc) is 2.88. The van der Waals surface area contributed by atoms with E-state index in [-0.39, 0.29) is 11.5 Å². The Kier molecular flexibility index (Phi) is 11.0. The van der Waals surface area contributed by atoms with Crippen LogP contribution in [0.1, 0.15) is 46.0 Å². The molecule has 0 aliphatic rings. The summed E-state index contributed by atoms with van der Waals surface area (Å²) in [5, 5.41) is 30.8. The molecule has 3 aromatic carbocycles. The first-order chi connectivity index (χ1) is 18.2. The van der Waals surface area contributed by atoms with Crippen LogP contribution in [0.2, 0.25) is 0 Å². The Bertz CT molecular complexity index is 1270. The summed E-state index contributed by atoms with van der Waals surface area (Å²) in [6, 6.07) is 19.6. The second-order valence-electron chi connectivity index (χ2n) is 8.85. The average molecular weight is 540 g/mol. The first-order valence-electron chi connectivity index (χ1n) is 12.3. The molecule has 0 saturated carbocycles. The third-order valence-corrected chi connectivity index (χ3v) is 6.38. The number of aromatic carboxylic acids is 1. The lowest BCUT2D eigenvalue weighted by Crippen LogP contribution is -2.29. The molecule has 0 aliphatic heterocycles. The summed E-state index contributed by atoms with van der Waals surface area (Å²) in [7, 11) is 0. The summed E-state index contributed by atoms with van der Waals surface area (Å²) in [5.74, 6) is -0.608. The standard InChI is InChI=1S/C28H33N3O6S/c1-19-17-24(37-38(29)36)9-10-25(19)22-3-2-4-23(18-22)26(32)12-14-30-15-13-27(33)31-16-11-20-5-7-21(8-6-20)28(34)35/h2-10,17-18,26,30,32H,11-16,29H2,1H3,(H,31,33)(H,34,35). The molecule has 2 atom stereocenters. The highest BCUT2D eigenvalue weighted by Crippen LogP contribution is 2.29. The van der Waals surface area contributed by atoms with E-state index < -0.39 is 23.3 Å². The zero-order valence-electron chi connectivity index (χ0n) is 21.2. The summed E-state index contributed by atoms with van der Waals surface area (Å²) >= 11 is -1.88. The highest BCUT2D eigenvalue weighted by Gasteiger charge is 2.11. The number of carboxylic acid groups (broad SMARTS) is 1. The number of aryl methyl sites for hydroxylation is 1. The SMILES string of the molecule is Cc1cc(OS(N)=O)ccc1-c1cccc(C(O)CCNCCC(=O)NCCc2ccc(C(=O)O)cc2)c1. The van der Waals surface area contributed by atoms with Gasteiger partial charge in [0.2, 0.25) is 5.91 Å². The van der Waals surface area contributed by atoms with Crippen molar-refractivity contribution in [1.82, 2.24) is 10.6 Å². The Balaban J connectivity index is 1.38. The predicted molar refractivity (Wildman–Crippen MR) is 147 cm³/mol. The van der Waals surface area contributed by atoms with Crippen molar-refractivity contribution < 1.29 is 28.2 Å². The quantitative estimate of drug-likeness (QED) is 0.198. The van der Waals surface area contributed by atoms with Crippen LogP contribution in [-0.2, 0) is 22.5 Å². The van der Waals surface area contributed by atoms with Crippen molar-refractivity contribution in [2.45, 2.75) is 32.3 Å². The van der Waals surface area contributed by atoms with Crippen LogP contribution in [0.15, 0.2) is 66.7 Å². The fourth-order valence-corrected chi connectivity index (χ4v) is 4.29. The van der Waals surface area contributed by atoms with Crippen LogP contribution in [0, 0.1) is 6.92 Å². The lowest BCUT2D eigenvalue weighted by molar-refractivity contribution is -0.120. The van der Waals surface area contributed by atoms with Crippen molar-refractivity contribution in [3.63, 3.8) is 0 Å². The van der Waals surface area contributed by atoms with Crippen LogP contribution in [-0.4, -0.2) is 45.9 Å². The molecule has 1 amide bonds. The number of hydrogen-bond acceptors (Lipinski definition) is 6. The second-order valence-corrected chi connectivity index (χ2v) is 9.54. The summed E-state index contributed by atoms with van der Waals surface area (Å²) in [5.41, 5.74) is 4.83. The minimum Gasteiger partial charge on any atom is -0.478 e. The van der Waals surface area contributed by atoms with Gasteiger partial charge in [0.1, 0.15) is 5.75 Å². The van der Waals surface area contributed by atoms with Gasteiger partial charge in [0, 0.05) is 19.5 Å². The number of carboxylic acids is 1. The summed E-state index contributed by atoms with van der Waals surface area (Å²) < 4.78 is 16.1. The molecule has 0 heterocycles. The summed E-state index contributed by atoms with van der Waals surface area (Å²) in [6.07, 6.45) is 0.772. The van der Waals surface area contributed by atoms with E-state index in [1.54, 1.807) is 36.4 Å². The first kappa shape index (κ1) is 29.0. The molecule has 0 saturated heterocycles. The molecule has 6 N–H and O–H groups in total. The molecule has 10 heteroatoms. The van der Waals surface area contributed by atoms with Gasteiger partial charge >= 0.3 is 5.97 Å². The molecule has 0 aliphatic carbocycles. The predicted octanol–water partition coefficient (Wildman–Crippen LogP) is 3.04. The van der Waals surface area contributed by atoms with Crippen LogP contribution in [0.25, 0.3) is 11.1 Å². The van der Waals surface area contributed by atoms with Gasteiger partial charge in [-0.25, -0.2) is 9.93 Å². The first-order valence-corrected chi connectivity index (χ1v) is 13.4. The maximum Gasteiger partial charge on any atom is 0.335 e. The minimum atomic E-state index is -1.88. The summed E-state index contributed by atoms with van der Waals surface area (Å²) in [4.78, 5) is 23.0. The number of amides is 1. The van der Waals surface area contributed by atoms with E-state index in [0.717, 1.165) is 27.8 Å². The molecule has 202 valence electrons. The molecule has 38 heavy (non-hydrogen) atoms. The number of carbonyl (C=O) groups excluding carboxylic acids is 1. The Hall–Kier alpha value is -3.57. The van der Waals surface area contributed by atoms with E-state index in [9.17, 15) is 18.9 Å². The van der Waals surface area contributed by atoms with E-state index in [0.29, 0.717) is 44.6 Å². The number of hydrogen-bond donors (Lipinski definition) is 5. The van der Waals surface area contributed by atoms with Crippen molar-refractivity contribution in [3.05, 3.63) is 89.0 Å². The van der Waals surface area contributed by atoms with Gasteiger partial charge in [-0.05, 0) is 84.5 Å². The topological polar surface area (TPSA) is 151 Å². The fraction of sp³-hybridized carbons (Fsp3) is 0.286. The van der Waals surface area contributed by atoms with Crippen LogP contribution < -0.4 is 20.0 Å². The van der Waals surface area contributed by atoms with Crippen molar-refractivity contribution in [1.29, 1.82) is 0 Å². The van der Waals surface area contributed by atoms with Gasteiger partial charge in [-0.2, -0.15) is 4.21 Å². The van der Waals surface area contributed by atoms with E-state index in [1.165, 1.54) is 0 Å². The van der Waals surface area contributed by atoms with Crippen LogP contribution >= 0.6 is 0 Å². The van der Waals surface area contributed by atoms with Gasteiger partial charge < -0.3 is 25.0 Å². The van der Waals surface area contributed by atoms with Crippen molar-refractivity contribution in [3.8, 4) is 16.9 Å². The number of benzene rings is 3. The van der Waals surface area contributed by atoms with Crippen LogP contribution in [0.3, 0.4) is 0 Å². The third-order valence-electron chi connectivity index (χ3n) is 6.02. The van der Waals surface area contributed by atoms with Crippen molar-refractivity contribution >= 4 is 23.1 Å². The van der Waals surface area contributed by atoms with Gasteiger partial charge in [-0.15, -0.1) is 0 Å². The number of nitrogens with two attached hydrogens (primary N) is 1. The van der Waals surface area contributed by atoms with Gasteiger partial charge in [0.15, 0.2) is 0 Å². The van der Waals surface area contributed by atoms with Gasteiger partial charge in [-0.3, -0.25) is 4.79 Å². The maximum absolute atomic E-state index is 12.1. The Morgan fingerprint density at radius 1 is 1.03 bits per heavy atom. The molecule has 3 rings (SSSR count). The number of nitrogens with one attached hydrogen (secondary N) is 2. The highest BCUT2D eigenvalue weighted by atomic mass is 32.2. The smallest absolute Gasteiger partial charge is 0.335 e. The van der Waals surface area contributed by atoms with E-state index >= 15 is 0 Å². The fourth-order valence-electron chi connectivity index (χ4n) is 4.00. The molecule has 9 nitrogen and oxygen atoms in total. The number of rotatable bonds is 14.